The van der Waals surface area contributed by atoms with Gasteiger partial charge in [-0.25, -0.2) is 14.6 Å². The van der Waals surface area contributed by atoms with Gasteiger partial charge in [-0.2, -0.15) is 5.10 Å². The van der Waals surface area contributed by atoms with Crippen LogP contribution in [0, 0.1) is 5.92 Å². The number of fused-ring (bicyclic) bond motifs is 1. The zero-order chi connectivity index (χ0) is 16.8. The average molecular weight is 337 g/mol. The van der Waals surface area contributed by atoms with Crippen molar-refractivity contribution < 1.29 is 0 Å². The first kappa shape index (κ1) is 15.0. The average Bonchev–Trinajstić information content (AvgIpc) is 2.96. The van der Waals surface area contributed by atoms with Crippen LogP contribution in [0.1, 0.15) is 48.7 Å². The molecule has 0 atom stereocenters. The molecule has 0 spiro atoms. The number of nitrogens with zero attached hydrogens (tertiary/aromatic N) is 5. The van der Waals surface area contributed by atoms with Crippen molar-refractivity contribution in [2.24, 2.45) is 5.92 Å². The van der Waals surface area contributed by atoms with Crippen molar-refractivity contribution in [2.45, 2.75) is 51.0 Å². The Kier molecular flexibility index (Phi) is 3.57. The molecular formula is C19H23N5O. The van der Waals surface area contributed by atoms with E-state index in [2.05, 4.69) is 15.0 Å². The van der Waals surface area contributed by atoms with E-state index in [1.165, 1.54) is 19.3 Å². The summed E-state index contributed by atoms with van der Waals surface area (Å²) in [6, 6.07) is 3.79. The Hall–Kier alpha value is -2.24. The van der Waals surface area contributed by atoms with Gasteiger partial charge in [-0.15, -0.1) is 0 Å². The second-order valence-corrected chi connectivity index (χ2v) is 7.66. The molecule has 2 aromatic rings. The Morgan fingerprint density at radius 3 is 2.84 bits per heavy atom. The molecule has 6 nitrogen and oxygen atoms in total. The minimum Gasteiger partial charge on any atom is -0.356 e. The maximum absolute atomic E-state index is 12.2. The van der Waals surface area contributed by atoms with Crippen LogP contribution in [-0.2, 0) is 19.4 Å². The fourth-order valence-electron chi connectivity index (χ4n) is 4.09. The number of hydrogen-bond acceptors (Lipinski definition) is 5. The van der Waals surface area contributed by atoms with Gasteiger partial charge in [0.2, 0.25) is 0 Å². The van der Waals surface area contributed by atoms with Crippen molar-refractivity contribution in [3.05, 3.63) is 45.8 Å². The number of rotatable bonds is 4. The summed E-state index contributed by atoms with van der Waals surface area (Å²) in [6.07, 6.45) is 8.77. The topological polar surface area (TPSA) is 63.9 Å². The molecule has 0 unspecified atom stereocenters. The second kappa shape index (κ2) is 5.93. The molecule has 0 amide bonds. The van der Waals surface area contributed by atoms with Crippen LogP contribution in [0.2, 0.25) is 0 Å². The molecular weight excluding hydrogens is 314 g/mol. The standard InChI is InChI=1S/C19H23N5O/c25-18-9-15-5-2-6-16(15)22-24(18)12-13-10-23(11-13)17-7-8-20-19(21-17)14-3-1-4-14/h7-9,13-14H,1-6,10-12H2. The Balaban J connectivity index is 1.24. The highest BCUT2D eigenvalue weighted by molar-refractivity contribution is 5.41. The minimum absolute atomic E-state index is 0.0494. The maximum Gasteiger partial charge on any atom is 0.267 e. The maximum atomic E-state index is 12.2. The van der Waals surface area contributed by atoms with Gasteiger partial charge in [-0.05, 0) is 43.7 Å². The van der Waals surface area contributed by atoms with Crippen molar-refractivity contribution >= 4 is 5.82 Å². The number of aryl methyl sites for hydroxylation is 2. The van der Waals surface area contributed by atoms with Gasteiger partial charge < -0.3 is 4.90 Å². The molecule has 1 aliphatic heterocycles. The summed E-state index contributed by atoms with van der Waals surface area (Å²) in [7, 11) is 0. The smallest absolute Gasteiger partial charge is 0.267 e. The van der Waals surface area contributed by atoms with Crippen LogP contribution in [-0.4, -0.2) is 32.8 Å². The monoisotopic (exact) mass is 337 g/mol. The number of hydrogen-bond donors (Lipinski definition) is 0. The van der Waals surface area contributed by atoms with E-state index >= 15 is 0 Å². The Morgan fingerprint density at radius 1 is 1.16 bits per heavy atom. The van der Waals surface area contributed by atoms with Gasteiger partial charge in [0.25, 0.3) is 5.56 Å². The SMILES string of the molecule is O=c1cc2c(nn1CC1CN(c3ccnc(C4CCC4)n3)C1)CCC2. The molecule has 3 heterocycles. The van der Waals surface area contributed by atoms with Crippen LogP contribution >= 0.6 is 0 Å². The lowest BCUT2D eigenvalue weighted by Crippen LogP contribution is -2.50. The van der Waals surface area contributed by atoms with Gasteiger partial charge in [0.1, 0.15) is 11.6 Å². The molecule has 2 aliphatic carbocycles. The largest absolute Gasteiger partial charge is 0.356 e. The fraction of sp³-hybridized carbons (Fsp3) is 0.579. The van der Waals surface area contributed by atoms with E-state index in [1.54, 1.807) is 10.7 Å². The summed E-state index contributed by atoms with van der Waals surface area (Å²) in [4.78, 5) is 23.7. The highest BCUT2D eigenvalue weighted by Crippen LogP contribution is 2.35. The summed E-state index contributed by atoms with van der Waals surface area (Å²) in [5, 5.41) is 4.59. The second-order valence-electron chi connectivity index (χ2n) is 7.66. The summed E-state index contributed by atoms with van der Waals surface area (Å²) < 4.78 is 1.67. The summed E-state index contributed by atoms with van der Waals surface area (Å²) >= 11 is 0. The molecule has 1 saturated carbocycles. The Morgan fingerprint density at radius 2 is 2.04 bits per heavy atom. The van der Waals surface area contributed by atoms with Crippen LogP contribution in [0.3, 0.4) is 0 Å². The highest BCUT2D eigenvalue weighted by Gasteiger charge is 2.30. The van der Waals surface area contributed by atoms with Gasteiger partial charge in [0.05, 0.1) is 12.2 Å². The first-order valence-electron chi connectivity index (χ1n) is 9.44. The van der Waals surface area contributed by atoms with Gasteiger partial charge in [-0.3, -0.25) is 4.79 Å². The van der Waals surface area contributed by atoms with E-state index in [0.29, 0.717) is 18.4 Å². The lowest BCUT2D eigenvalue weighted by atomic mass is 9.85. The van der Waals surface area contributed by atoms with E-state index in [-0.39, 0.29) is 5.56 Å². The third-order valence-corrected chi connectivity index (χ3v) is 5.87. The zero-order valence-corrected chi connectivity index (χ0v) is 14.4. The van der Waals surface area contributed by atoms with E-state index in [9.17, 15) is 4.79 Å². The molecule has 5 rings (SSSR count). The molecule has 0 aromatic carbocycles. The first-order chi connectivity index (χ1) is 12.3. The van der Waals surface area contributed by atoms with Crippen molar-refractivity contribution in [3.8, 4) is 0 Å². The van der Waals surface area contributed by atoms with Gasteiger partial charge in [-0.1, -0.05) is 6.42 Å². The van der Waals surface area contributed by atoms with Crippen molar-refractivity contribution in [1.29, 1.82) is 0 Å². The molecule has 2 aromatic heterocycles. The normalized spacial score (nSPS) is 20.2. The predicted molar refractivity (Wildman–Crippen MR) is 94.8 cm³/mol. The van der Waals surface area contributed by atoms with Crippen molar-refractivity contribution in [3.63, 3.8) is 0 Å². The first-order valence-corrected chi connectivity index (χ1v) is 9.44. The number of aromatic nitrogens is 4. The summed E-state index contributed by atoms with van der Waals surface area (Å²) in [5.41, 5.74) is 2.33. The third-order valence-electron chi connectivity index (χ3n) is 5.87. The lowest BCUT2D eigenvalue weighted by Gasteiger charge is -2.40. The minimum atomic E-state index is 0.0494. The van der Waals surface area contributed by atoms with Crippen molar-refractivity contribution in [2.75, 3.05) is 18.0 Å². The van der Waals surface area contributed by atoms with Crippen LogP contribution in [0.15, 0.2) is 23.1 Å². The molecule has 0 radical (unpaired) electrons. The zero-order valence-electron chi connectivity index (χ0n) is 14.4. The van der Waals surface area contributed by atoms with Gasteiger partial charge >= 0.3 is 0 Å². The molecule has 0 N–H and O–H groups in total. The van der Waals surface area contributed by atoms with Crippen LogP contribution in [0.4, 0.5) is 5.82 Å². The Labute approximate surface area is 146 Å². The van der Waals surface area contributed by atoms with E-state index in [0.717, 1.165) is 55.3 Å². The Bertz CT molecular complexity index is 851. The number of anilines is 1. The summed E-state index contributed by atoms with van der Waals surface area (Å²) in [5.74, 6) is 3.06. The van der Waals surface area contributed by atoms with Crippen LogP contribution < -0.4 is 10.5 Å². The molecule has 2 fully saturated rings. The molecule has 25 heavy (non-hydrogen) atoms. The highest BCUT2D eigenvalue weighted by atomic mass is 16.1. The van der Waals surface area contributed by atoms with E-state index in [4.69, 9.17) is 4.98 Å². The molecule has 130 valence electrons. The lowest BCUT2D eigenvalue weighted by molar-refractivity contribution is 0.330. The van der Waals surface area contributed by atoms with Gasteiger partial charge in [0.15, 0.2) is 0 Å². The van der Waals surface area contributed by atoms with Gasteiger partial charge in [0, 0.05) is 37.2 Å². The predicted octanol–water partition coefficient (Wildman–Crippen LogP) is 1.93. The van der Waals surface area contributed by atoms with Crippen LogP contribution in [0.25, 0.3) is 0 Å². The van der Waals surface area contributed by atoms with E-state index < -0.39 is 0 Å². The van der Waals surface area contributed by atoms with E-state index in [1.807, 2.05) is 12.3 Å². The third kappa shape index (κ3) is 2.73. The molecule has 3 aliphatic rings. The fourth-order valence-corrected chi connectivity index (χ4v) is 4.09. The van der Waals surface area contributed by atoms with Crippen LogP contribution in [0.5, 0.6) is 0 Å². The quantitative estimate of drug-likeness (QED) is 0.853. The molecule has 0 bridgehead atoms. The molecule has 1 saturated heterocycles. The van der Waals surface area contributed by atoms with Crippen molar-refractivity contribution in [1.82, 2.24) is 19.7 Å². The molecule has 6 heteroatoms. The summed E-state index contributed by atoms with van der Waals surface area (Å²) in [6.45, 7) is 2.59.